The lowest BCUT2D eigenvalue weighted by Gasteiger charge is -2.17. The molecule has 1 aliphatic heterocycles. The van der Waals surface area contributed by atoms with Gasteiger partial charge in [-0.25, -0.2) is 4.39 Å². The largest absolute Gasteiger partial charge is 0.370 e. The highest BCUT2D eigenvalue weighted by Gasteiger charge is 2.22. The summed E-state index contributed by atoms with van der Waals surface area (Å²) < 4.78 is 13.8. The minimum absolute atomic E-state index is 0. The Morgan fingerprint density at radius 3 is 2.71 bits per heavy atom. The maximum absolute atomic E-state index is 13.8. The molecule has 0 aromatic heterocycles. The van der Waals surface area contributed by atoms with Crippen molar-refractivity contribution in [3.05, 3.63) is 34.6 Å². The van der Waals surface area contributed by atoms with E-state index in [1.165, 1.54) is 6.07 Å². The average Bonchev–Trinajstić information content (AvgIpc) is 2.77. The van der Waals surface area contributed by atoms with Crippen LogP contribution in [0.2, 0.25) is 0 Å². The molecular weight excluding hydrogens is 241 g/mol. The Bertz CT molecular complexity index is 446. The third-order valence-electron chi connectivity index (χ3n) is 3.04. The molecule has 0 radical (unpaired) electrons. The standard InChI is InChI=1S/C12H16FN3.ClH/c1-7-3-4-9(13)10(8(7)2)11(14)12-15-5-6-16-12;/h3-4,11H,5-6,14H2,1-2H3,(H,15,16);1H. The monoisotopic (exact) mass is 257 g/mol. The van der Waals surface area contributed by atoms with E-state index in [9.17, 15) is 4.39 Å². The van der Waals surface area contributed by atoms with E-state index in [0.29, 0.717) is 11.4 Å². The van der Waals surface area contributed by atoms with Crippen LogP contribution in [0.5, 0.6) is 0 Å². The first-order chi connectivity index (χ1) is 7.61. The van der Waals surface area contributed by atoms with Crippen molar-refractivity contribution in [1.82, 2.24) is 5.32 Å². The predicted molar refractivity (Wildman–Crippen MR) is 70.4 cm³/mol. The van der Waals surface area contributed by atoms with Crippen LogP contribution < -0.4 is 11.1 Å². The van der Waals surface area contributed by atoms with Crippen molar-refractivity contribution in [2.75, 3.05) is 13.1 Å². The minimum atomic E-state index is -0.484. The number of benzene rings is 1. The highest BCUT2D eigenvalue weighted by molar-refractivity contribution is 5.90. The van der Waals surface area contributed by atoms with Crippen molar-refractivity contribution >= 4 is 18.2 Å². The molecule has 3 N–H and O–H groups in total. The van der Waals surface area contributed by atoms with Gasteiger partial charge in [-0.05, 0) is 31.0 Å². The van der Waals surface area contributed by atoms with Crippen LogP contribution in [0.4, 0.5) is 4.39 Å². The first-order valence-corrected chi connectivity index (χ1v) is 5.40. The molecule has 5 heteroatoms. The van der Waals surface area contributed by atoms with Crippen LogP contribution in [0, 0.1) is 19.7 Å². The smallest absolute Gasteiger partial charge is 0.128 e. The van der Waals surface area contributed by atoms with Crippen LogP contribution in [-0.2, 0) is 0 Å². The Morgan fingerprint density at radius 2 is 2.12 bits per heavy atom. The highest BCUT2D eigenvalue weighted by atomic mass is 35.5. The summed E-state index contributed by atoms with van der Waals surface area (Å²) in [5.41, 5.74) is 8.54. The first-order valence-electron chi connectivity index (χ1n) is 5.40. The van der Waals surface area contributed by atoms with E-state index in [2.05, 4.69) is 10.3 Å². The number of halogens is 2. The molecule has 0 bridgehead atoms. The second kappa shape index (κ2) is 5.47. The summed E-state index contributed by atoms with van der Waals surface area (Å²) in [6, 6.07) is 2.75. The fourth-order valence-corrected chi connectivity index (χ4v) is 1.95. The number of rotatable bonds is 2. The van der Waals surface area contributed by atoms with E-state index in [1.807, 2.05) is 13.8 Å². The van der Waals surface area contributed by atoms with Crippen LogP contribution in [0.1, 0.15) is 22.7 Å². The molecule has 1 aromatic rings. The molecule has 94 valence electrons. The Balaban J connectivity index is 0.00000144. The Morgan fingerprint density at radius 1 is 1.41 bits per heavy atom. The van der Waals surface area contributed by atoms with Gasteiger partial charge in [-0.1, -0.05) is 6.07 Å². The molecule has 1 unspecified atom stereocenters. The SMILES string of the molecule is Cc1ccc(F)c(C(N)C2=NCCN2)c1C.Cl. The third kappa shape index (κ3) is 2.58. The highest BCUT2D eigenvalue weighted by Crippen LogP contribution is 2.23. The zero-order chi connectivity index (χ0) is 11.7. The fourth-order valence-electron chi connectivity index (χ4n) is 1.95. The topological polar surface area (TPSA) is 50.4 Å². The molecule has 0 aliphatic carbocycles. The van der Waals surface area contributed by atoms with Crippen LogP contribution in [-0.4, -0.2) is 18.9 Å². The molecule has 1 heterocycles. The Kier molecular flexibility index (Phi) is 4.48. The first kappa shape index (κ1) is 13.9. The number of hydrogen-bond donors (Lipinski definition) is 2. The molecule has 17 heavy (non-hydrogen) atoms. The summed E-state index contributed by atoms with van der Waals surface area (Å²) >= 11 is 0. The van der Waals surface area contributed by atoms with Gasteiger partial charge in [0.15, 0.2) is 0 Å². The predicted octanol–water partition coefficient (Wildman–Crippen LogP) is 1.87. The summed E-state index contributed by atoms with van der Waals surface area (Å²) in [5.74, 6) is 0.430. The van der Waals surface area contributed by atoms with Crippen LogP contribution in [0.25, 0.3) is 0 Å². The van der Waals surface area contributed by atoms with Gasteiger partial charge >= 0.3 is 0 Å². The van der Waals surface area contributed by atoms with Crippen LogP contribution >= 0.6 is 12.4 Å². The lowest BCUT2D eigenvalue weighted by atomic mass is 9.96. The lowest BCUT2D eigenvalue weighted by molar-refractivity contribution is 0.601. The second-order valence-corrected chi connectivity index (χ2v) is 4.07. The van der Waals surface area contributed by atoms with Gasteiger partial charge in [-0.3, -0.25) is 4.99 Å². The molecular formula is C12H17ClFN3. The summed E-state index contributed by atoms with van der Waals surface area (Å²) in [7, 11) is 0. The van der Waals surface area contributed by atoms with E-state index in [4.69, 9.17) is 5.73 Å². The molecule has 1 aromatic carbocycles. The number of nitrogens with two attached hydrogens (primary N) is 1. The lowest BCUT2D eigenvalue weighted by Crippen LogP contribution is -2.32. The zero-order valence-electron chi connectivity index (χ0n) is 9.96. The zero-order valence-corrected chi connectivity index (χ0v) is 10.8. The van der Waals surface area contributed by atoms with E-state index < -0.39 is 6.04 Å². The maximum atomic E-state index is 13.8. The maximum Gasteiger partial charge on any atom is 0.128 e. The molecule has 0 amide bonds. The molecule has 1 aliphatic rings. The van der Waals surface area contributed by atoms with Crippen molar-refractivity contribution in [2.24, 2.45) is 10.7 Å². The average molecular weight is 258 g/mol. The third-order valence-corrected chi connectivity index (χ3v) is 3.04. The van der Waals surface area contributed by atoms with E-state index in [0.717, 1.165) is 24.2 Å². The molecule has 3 nitrogen and oxygen atoms in total. The molecule has 1 atom stereocenters. The summed E-state index contributed by atoms with van der Waals surface area (Å²) in [4.78, 5) is 4.24. The van der Waals surface area contributed by atoms with Gasteiger partial charge in [0.2, 0.25) is 0 Å². The number of nitrogens with zero attached hydrogens (tertiary/aromatic N) is 1. The second-order valence-electron chi connectivity index (χ2n) is 4.07. The van der Waals surface area contributed by atoms with Gasteiger partial charge in [0.05, 0.1) is 12.6 Å². The van der Waals surface area contributed by atoms with Crippen molar-refractivity contribution in [2.45, 2.75) is 19.9 Å². The van der Waals surface area contributed by atoms with Gasteiger partial charge in [-0.2, -0.15) is 0 Å². The minimum Gasteiger partial charge on any atom is -0.370 e. The fraction of sp³-hybridized carbons (Fsp3) is 0.417. The van der Waals surface area contributed by atoms with Gasteiger partial charge in [0.25, 0.3) is 0 Å². The summed E-state index contributed by atoms with van der Waals surface area (Å²) in [6.45, 7) is 5.35. The van der Waals surface area contributed by atoms with Crippen LogP contribution in [0.3, 0.4) is 0 Å². The van der Waals surface area contributed by atoms with Gasteiger partial charge in [0, 0.05) is 12.1 Å². The van der Waals surface area contributed by atoms with Crippen molar-refractivity contribution < 1.29 is 4.39 Å². The molecule has 0 saturated heterocycles. The summed E-state index contributed by atoms with van der Waals surface area (Å²) in [6.07, 6.45) is 0. The van der Waals surface area contributed by atoms with Gasteiger partial charge in [-0.15, -0.1) is 12.4 Å². The van der Waals surface area contributed by atoms with Gasteiger partial charge < -0.3 is 11.1 Å². The molecule has 0 spiro atoms. The number of aryl methyl sites for hydroxylation is 1. The quantitative estimate of drug-likeness (QED) is 0.850. The molecule has 0 fully saturated rings. The van der Waals surface area contributed by atoms with E-state index in [-0.39, 0.29) is 18.2 Å². The Labute approximate surface area is 107 Å². The Hall–Kier alpha value is -1.13. The van der Waals surface area contributed by atoms with Crippen molar-refractivity contribution in [3.63, 3.8) is 0 Å². The number of amidine groups is 1. The van der Waals surface area contributed by atoms with Crippen molar-refractivity contribution in [3.8, 4) is 0 Å². The van der Waals surface area contributed by atoms with E-state index in [1.54, 1.807) is 6.07 Å². The molecule has 0 saturated carbocycles. The normalized spacial score (nSPS) is 15.9. The number of hydrogen-bond acceptors (Lipinski definition) is 3. The summed E-state index contributed by atoms with van der Waals surface area (Å²) in [5, 5.41) is 3.09. The molecule has 2 rings (SSSR count). The van der Waals surface area contributed by atoms with Gasteiger partial charge in [0.1, 0.15) is 11.7 Å². The van der Waals surface area contributed by atoms with Crippen LogP contribution in [0.15, 0.2) is 17.1 Å². The van der Waals surface area contributed by atoms with E-state index >= 15 is 0 Å². The van der Waals surface area contributed by atoms with Crippen molar-refractivity contribution in [1.29, 1.82) is 0 Å². The number of nitrogens with one attached hydrogen (secondary N) is 1. The number of aliphatic imine (C=N–C) groups is 1.